The Morgan fingerprint density at radius 2 is 1.76 bits per heavy atom. The van der Waals surface area contributed by atoms with Crippen LogP contribution in [0.1, 0.15) is 24.9 Å². The molecule has 0 saturated heterocycles. The van der Waals surface area contributed by atoms with Crippen LogP contribution in [0.3, 0.4) is 0 Å². The topological polar surface area (TPSA) is 21.3 Å². The summed E-state index contributed by atoms with van der Waals surface area (Å²) in [6.45, 7) is -0.795. The van der Waals surface area contributed by atoms with Crippen LogP contribution in [0.2, 0.25) is 0 Å². The molecule has 5 heteroatoms. The number of rotatable bonds is 6. The molecular formula is C16H16BrF2NO. The monoisotopic (exact) mass is 355 g/mol. The predicted octanol–water partition coefficient (Wildman–Crippen LogP) is 5.61. The highest BCUT2D eigenvalue weighted by atomic mass is 79.9. The van der Waals surface area contributed by atoms with Crippen molar-refractivity contribution in [3.63, 3.8) is 0 Å². The minimum atomic E-state index is -2.83. The normalized spacial score (nSPS) is 12.2. The van der Waals surface area contributed by atoms with E-state index in [-0.39, 0.29) is 11.8 Å². The maximum atomic E-state index is 12.4. The van der Waals surface area contributed by atoms with E-state index < -0.39 is 6.61 Å². The van der Waals surface area contributed by atoms with Gasteiger partial charge in [0.25, 0.3) is 0 Å². The van der Waals surface area contributed by atoms with Gasteiger partial charge >= 0.3 is 6.61 Å². The van der Waals surface area contributed by atoms with Crippen LogP contribution in [0, 0.1) is 0 Å². The third-order valence-electron chi connectivity index (χ3n) is 3.11. The fourth-order valence-electron chi connectivity index (χ4n) is 2.09. The molecule has 2 rings (SSSR count). The number of para-hydroxylation sites is 2. The molecule has 0 saturated carbocycles. The largest absolute Gasteiger partial charge is 0.433 e. The first-order chi connectivity index (χ1) is 10.1. The molecule has 2 nitrogen and oxygen atoms in total. The standard InChI is InChI=1S/C16H16BrF2NO/c1-2-13(11-7-9-12(17)10-8-11)20-14-5-3-4-6-15(14)21-16(18)19/h3-10,13,16,20H,2H2,1H3. The quantitative estimate of drug-likeness (QED) is 0.726. The van der Waals surface area contributed by atoms with E-state index in [1.807, 2.05) is 31.2 Å². The molecular weight excluding hydrogens is 340 g/mol. The van der Waals surface area contributed by atoms with E-state index in [4.69, 9.17) is 0 Å². The summed E-state index contributed by atoms with van der Waals surface area (Å²) >= 11 is 3.40. The first kappa shape index (κ1) is 15.8. The maximum Gasteiger partial charge on any atom is 0.387 e. The molecule has 0 aliphatic heterocycles. The van der Waals surface area contributed by atoms with Crippen molar-refractivity contribution in [1.82, 2.24) is 0 Å². The number of halogens is 3. The Morgan fingerprint density at radius 1 is 1.10 bits per heavy atom. The highest BCUT2D eigenvalue weighted by Gasteiger charge is 2.14. The van der Waals surface area contributed by atoms with E-state index in [9.17, 15) is 8.78 Å². The molecule has 0 aromatic heterocycles. The first-order valence-electron chi connectivity index (χ1n) is 6.66. The zero-order chi connectivity index (χ0) is 15.2. The van der Waals surface area contributed by atoms with Gasteiger partial charge in [0.05, 0.1) is 11.7 Å². The van der Waals surface area contributed by atoms with E-state index in [1.54, 1.807) is 18.2 Å². The lowest BCUT2D eigenvalue weighted by atomic mass is 10.0. The smallest absolute Gasteiger partial charge is 0.387 e. The summed E-state index contributed by atoms with van der Waals surface area (Å²) in [6.07, 6.45) is 0.824. The molecule has 0 aliphatic rings. The average Bonchev–Trinajstić information content (AvgIpc) is 2.47. The van der Waals surface area contributed by atoms with Crippen molar-refractivity contribution < 1.29 is 13.5 Å². The van der Waals surface area contributed by atoms with Gasteiger partial charge in [-0.15, -0.1) is 0 Å². The second kappa shape index (κ2) is 7.41. The summed E-state index contributed by atoms with van der Waals surface area (Å²) in [5, 5.41) is 3.26. The molecule has 1 unspecified atom stereocenters. The Bertz CT molecular complexity index is 575. The molecule has 0 fully saturated rings. The number of nitrogens with one attached hydrogen (secondary N) is 1. The molecule has 0 amide bonds. The zero-order valence-electron chi connectivity index (χ0n) is 11.5. The predicted molar refractivity (Wildman–Crippen MR) is 83.9 cm³/mol. The highest BCUT2D eigenvalue weighted by molar-refractivity contribution is 9.10. The van der Waals surface area contributed by atoms with Gasteiger partial charge in [0, 0.05) is 4.47 Å². The molecule has 0 spiro atoms. The summed E-state index contributed by atoms with van der Waals surface area (Å²) < 4.78 is 30.4. The molecule has 21 heavy (non-hydrogen) atoms. The second-order valence-electron chi connectivity index (χ2n) is 4.53. The van der Waals surface area contributed by atoms with Gasteiger partial charge in [0.1, 0.15) is 5.75 Å². The van der Waals surface area contributed by atoms with Gasteiger partial charge in [0.2, 0.25) is 0 Å². The van der Waals surface area contributed by atoms with Crippen molar-refractivity contribution in [2.45, 2.75) is 26.0 Å². The second-order valence-corrected chi connectivity index (χ2v) is 5.45. The number of alkyl halides is 2. The fraction of sp³-hybridized carbons (Fsp3) is 0.250. The number of benzene rings is 2. The molecule has 112 valence electrons. The van der Waals surface area contributed by atoms with Crippen LogP contribution in [-0.4, -0.2) is 6.61 Å². The maximum absolute atomic E-state index is 12.4. The summed E-state index contributed by atoms with van der Waals surface area (Å²) in [7, 11) is 0. The molecule has 2 aromatic carbocycles. The molecule has 0 bridgehead atoms. The Labute approximate surface area is 131 Å². The van der Waals surface area contributed by atoms with E-state index in [0.717, 1.165) is 16.5 Å². The molecule has 1 atom stereocenters. The number of anilines is 1. The molecule has 0 radical (unpaired) electrons. The lowest BCUT2D eigenvalue weighted by Gasteiger charge is -2.21. The Morgan fingerprint density at radius 3 is 2.38 bits per heavy atom. The van der Waals surface area contributed by atoms with Gasteiger partial charge < -0.3 is 10.1 Å². The Kier molecular flexibility index (Phi) is 5.56. The van der Waals surface area contributed by atoms with Crippen molar-refractivity contribution in [1.29, 1.82) is 0 Å². The molecule has 1 N–H and O–H groups in total. The van der Waals surface area contributed by atoms with Crippen molar-refractivity contribution >= 4 is 21.6 Å². The number of hydrogen-bond donors (Lipinski definition) is 1. The lowest BCUT2D eigenvalue weighted by molar-refractivity contribution is -0.0493. The van der Waals surface area contributed by atoms with E-state index in [2.05, 4.69) is 26.0 Å². The molecule has 0 aliphatic carbocycles. The van der Waals surface area contributed by atoms with Gasteiger partial charge in [-0.1, -0.05) is 47.1 Å². The van der Waals surface area contributed by atoms with Crippen LogP contribution in [0.15, 0.2) is 53.0 Å². The minimum absolute atomic E-state index is 0.0283. The minimum Gasteiger partial charge on any atom is -0.433 e. The highest BCUT2D eigenvalue weighted by Crippen LogP contribution is 2.31. The summed E-state index contributed by atoms with van der Waals surface area (Å²) in [4.78, 5) is 0. The Hall–Kier alpha value is -1.62. The zero-order valence-corrected chi connectivity index (χ0v) is 13.1. The van der Waals surface area contributed by atoms with Crippen LogP contribution >= 0.6 is 15.9 Å². The van der Waals surface area contributed by atoms with E-state index in [1.165, 1.54) is 6.07 Å². The Balaban J connectivity index is 2.20. The van der Waals surface area contributed by atoms with Crippen molar-refractivity contribution in [3.8, 4) is 5.75 Å². The molecule has 0 heterocycles. The van der Waals surface area contributed by atoms with E-state index in [0.29, 0.717) is 5.69 Å². The average molecular weight is 356 g/mol. The first-order valence-corrected chi connectivity index (χ1v) is 7.45. The molecule has 2 aromatic rings. The van der Waals surface area contributed by atoms with Crippen LogP contribution in [-0.2, 0) is 0 Å². The van der Waals surface area contributed by atoms with Gasteiger partial charge in [-0.25, -0.2) is 0 Å². The van der Waals surface area contributed by atoms with Crippen LogP contribution in [0.25, 0.3) is 0 Å². The number of ether oxygens (including phenoxy) is 1. The van der Waals surface area contributed by atoms with Gasteiger partial charge in [0.15, 0.2) is 0 Å². The van der Waals surface area contributed by atoms with Gasteiger partial charge in [-0.3, -0.25) is 0 Å². The van der Waals surface area contributed by atoms with Crippen LogP contribution in [0.5, 0.6) is 5.75 Å². The number of hydrogen-bond acceptors (Lipinski definition) is 2. The summed E-state index contributed by atoms with van der Waals surface area (Å²) in [6, 6.07) is 14.7. The summed E-state index contributed by atoms with van der Waals surface area (Å²) in [5.41, 5.74) is 1.65. The van der Waals surface area contributed by atoms with Crippen molar-refractivity contribution in [3.05, 3.63) is 58.6 Å². The van der Waals surface area contributed by atoms with Crippen LogP contribution in [0.4, 0.5) is 14.5 Å². The summed E-state index contributed by atoms with van der Waals surface area (Å²) in [5.74, 6) is 0.156. The van der Waals surface area contributed by atoms with Crippen LogP contribution < -0.4 is 10.1 Å². The third-order valence-corrected chi connectivity index (χ3v) is 3.64. The van der Waals surface area contributed by atoms with E-state index >= 15 is 0 Å². The third kappa shape index (κ3) is 4.43. The lowest BCUT2D eigenvalue weighted by Crippen LogP contribution is -2.12. The van der Waals surface area contributed by atoms with Gasteiger partial charge in [-0.2, -0.15) is 8.78 Å². The van der Waals surface area contributed by atoms with Crippen molar-refractivity contribution in [2.75, 3.05) is 5.32 Å². The van der Waals surface area contributed by atoms with Gasteiger partial charge in [-0.05, 0) is 36.2 Å². The SMILES string of the molecule is CCC(Nc1ccccc1OC(F)F)c1ccc(Br)cc1. The fourth-order valence-corrected chi connectivity index (χ4v) is 2.35. The van der Waals surface area contributed by atoms with Crippen molar-refractivity contribution in [2.24, 2.45) is 0 Å².